The minimum atomic E-state index is -0.725. The first-order chi connectivity index (χ1) is 10.0. The van der Waals surface area contributed by atoms with Crippen molar-refractivity contribution in [2.24, 2.45) is 5.92 Å². The zero-order valence-corrected chi connectivity index (χ0v) is 12.9. The second-order valence-electron chi connectivity index (χ2n) is 6.41. The van der Waals surface area contributed by atoms with Crippen molar-refractivity contribution in [2.75, 3.05) is 33.2 Å². The number of hydrogen-bond donors (Lipinski definition) is 2. The molecule has 2 aliphatic heterocycles. The molecule has 2 saturated heterocycles. The van der Waals surface area contributed by atoms with E-state index in [4.69, 9.17) is 5.11 Å². The Kier molecular flexibility index (Phi) is 5.85. The van der Waals surface area contributed by atoms with Gasteiger partial charge in [-0.15, -0.1) is 0 Å². The molecule has 6 heteroatoms. The van der Waals surface area contributed by atoms with Gasteiger partial charge in [0.15, 0.2) is 0 Å². The number of nitrogens with one attached hydrogen (secondary N) is 1. The lowest BCUT2D eigenvalue weighted by Gasteiger charge is -2.35. The summed E-state index contributed by atoms with van der Waals surface area (Å²) < 4.78 is 0. The van der Waals surface area contributed by atoms with Gasteiger partial charge in [-0.1, -0.05) is 0 Å². The lowest BCUT2D eigenvalue weighted by Crippen LogP contribution is -2.52. The molecule has 2 N–H and O–H groups in total. The van der Waals surface area contributed by atoms with Crippen molar-refractivity contribution >= 4 is 12.0 Å². The molecule has 120 valence electrons. The van der Waals surface area contributed by atoms with Gasteiger partial charge in [0.05, 0.1) is 0 Å². The summed E-state index contributed by atoms with van der Waals surface area (Å²) in [6, 6.07) is 0.313. The van der Waals surface area contributed by atoms with Crippen molar-refractivity contribution in [3.63, 3.8) is 0 Å². The van der Waals surface area contributed by atoms with Crippen LogP contribution in [-0.4, -0.2) is 66.2 Å². The maximum Gasteiger partial charge on any atom is 0.317 e. The van der Waals surface area contributed by atoms with E-state index in [0.717, 1.165) is 58.3 Å². The van der Waals surface area contributed by atoms with Gasteiger partial charge in [0.25, 0.3) is 0 Å². The number of nitrogens with zero attached hydrogens (tertiary/aromatic N) is 2. The summed E-state index contributed by atoms with van der Waals surface area (Å²) in [5.41, 5.74) is 0. The Balaban J connectivity index is 1.69. The minimum absolute atomic E-state index is 0.0481. The van der Waals surface area contributed by atoms with Gasteiger partial charge in [-0.05, 0) is 51.6 Å². The van der Waals surface area contributed by atoms with E-state index in [2.05, 4.69) is 17.3 Å². The summed E-state index contributed by atoms with van der Waals surface area (Å²) >= 11 is 0. The van der Waals surface area contributed by atoms with Crippen LogP contribution in [-0.2, 0) is 4.79 Å². The Morgan fingerprint density at radius 1 is 1.19 bits per heavy atom. The van der Waals surface area contributed by atoms with E-state index in [1.54, 1.807) is 0 Å². The van der Waals surface area contributed by atoms with E-state index < -0.39 is 5.97 Å². The highest BCUT2D eigenvalue weighted by Crippen LogP contribution is 2.22. The molecule has 2 aliphatic rings. The predicted octanol–water partition coefficient (Wildman–Crippen LogP) is 1.37. The predicted molar refractivity (Wildman–Crippen MR) is 80.2 cm³/mol. The van der Waals surface area contributed by atoms with Crippen molar-refractivity contribution in [3.05, 3.63) is 0 Å². The smallest absolute Gasteiger partial charge is 0.317 e. The molecule has 2 rings (SSSR count). The first kappa shape index (κ1) is 16.1. The molecule has 21 heavy (non-hydrogen) atoms. The number of carbonyl (C=O) groups is 2. The molecule has 0 aromatic heterocycles. The molecular weight excluding hydrogens is 270 g/mol. The van der Waals surface area contributed by atoms with Crippen molar-refractivity contribution in [2.45, 2.75) is 44.6 Å². The monoisotopic (exact) mass is 297 g/mol. The SMILES string of the molecule is CN1CCCC(NC(=O)N2CCC(CCC(=O)O)CC2)C1. The minimum Gasteiger partial charge on any atom is -0.481 e. The fourth-order valence-corrected chi connectivity index (χ4v) is 3.30. The van der Waals surface area contributed by atoms with Crippen LogP contribution in [0.25, 0.3) is 0 Å². The van der Waals surface area contributed by atoms with Gasteiger partial charge in [0, 0.05) is 32.1 Å². The average molecular weight is 297 g/mol. The normalized spacial score (nSPS) is 24.8. The fraction of sp³-hybridized carbons (Fsp3) is 0.867. The van der Waals surface area contributed by atoms with Crippen LogP contribution in [0, 0.1) is 5.92 Å². The Labute approximate surface area is 126 Å². The third kappa shape index (κ3) is 5.19. The van der Waals surface area contributed by atoms with Gasteiger partial charge in [-0.2, -0.15) is 0 Å². The third-order valence-electron chi connectivity index (χ3n) is 4.62. The summed E-state index contributed by atoms with van der Waals surface area (Å²) in [7, 11) is 2.09. The van der Waals surface area contributed by atoms with E-state index in [0.29, 0.717) is 5.92 Å². The topological polar surface area (TPSA) is 72.9 Å². The number of hydrogen-bond acceptors (Lipinski definition) is 3. The van der Waals surface area contributed by atoms with Crippen LogP contribution >= 0.6 is 0 Å². The average Bonchev–Trinajstić information content (AvgIpc) is 2.45. The van der Waals surface area contributed by atoms with Gasteiger partial charge >= 0.3 is 12.0 Å². The van der Waals surface area contributed by atoms with Crippen LogP contribution < -0.4 is 5.32 Å². The largest absolute Gasteiger partial charge is 0.481 e. The molecule has 0 aliphatic carbocycles. The Bertz CT molecular complexity index is 367. The van der Waals surface area contributed by atoms with Crippen molar-refractivity contribution < 1.29 is 14.7 Å². The molecule has 2 heterocycles. The number of rotatable bonds is 4. The van der Waals surface area contributed by atoms with Gasteiger partial charge in [-0.3, -0.25) is 4.79 Å². The highest BCUT2D eigenvalue weighted by molar-refractivity contribution is 5.74. The summed E-state index contributed by atoms with van der Waals surface area (Å²) in [6.07, 6.45) is 5.02. The molecule has 0 aromatic rings. The summed E-state index contributed by atoms with van der Waals surface area (Å²) in [5, 5.41) is 11.8. The standard InChI is InChI=1S/C15H27N3O3/c1-17-8-2-3-13(11-17)16-15(21)18-9-6-12(7-10-18)4-5-14(19)20/h12-13H,2-11H2,1H3,(H,16,21)(H,19,20). The lowest BCUT2D eigenvalue weighted by molar-refractivity contribution is -0.137. The number of likely N-dealkylation sites (tertiary alicyclic amines) is 2. The number of aliphatic carboxylic acids is 1. The van der Waals surface area contributed by atoms with Gasteiger partial charge in [0.2, 0.25) is 0 Å². The Morgan fingerprint density at radius 3 is 2.52 bits per heavy atom. The second-order valence-corrected chi connectivity index (χ2v) is 6.41. The van der Waals surface area contributed by atoms with E-state index in [1.165, 1.54) is 0 Å². The molecule has 1 atom stereocenters. The number of amides is 2. The van der Waals surface area contributed by atoms with Crippen molar-refractivity contribution in [1.82, 2.24) is 15.1 Å². The zero-order chi connectivity index (χ0) is 15.2. The second kappa shape index (κ2) is 7.64. The van der Waals surface area contributed by atoms with E-state index in [9.17, 15) is 9.59 Å². The third-order valence-corrected chi connectivity index (χ3v) is 4.62. The van der Waals surface area contributed by atoms with Gasteiger partial charge in [0.1, 0.15) is 0 Å². The highest BCUT2D eigenvalue weighted by atomic mass is 16.4. The molecule has 2 fully saturated rings. The number of carboxylic acids is 1. The number of urea groups is 1. The maximum absolute atomic E-state index is 12.2. The molecule has 0 radical (unpaired) electrons. The van der Waals surface area contributed by atoms with E-state index in [1.807, 2.05) is 4.90 Å². The molecule has 0 aromatic carbocycles. The van der Waals surface area contributed by atoms with Crippen LogP contribution in [0.15, 0.2) is 0 Å². The lowest BCUT2D eigenvalue weighted by atomic mass is 9.92. The Hall–Kier alpha value is -1.30. The number of piperidine rings is 2. The van der Waals surface area contributed by atoms with Crippen LogP contribution in [0.3, 0.4) is 0 Å². The molecule has 0 bridgehead atoms. The van der Waals surface area contributed by atoms with Gasteiger partial charge < -0.3 is 20.2 Å². The van der Waals surface area contributed by atoms with E-state index in [-0.39, 0.29) is 18.5 Å². The number of carboxylic acid groups (broad SMARTS) is 1. The van der Waals surface area contributed by atoms with Crippen LogP contribution in [0.5, 0.6) is 0 Å². The molecule has 2 amide bonds. The fourth-order valence-electron chi connectivity index (χ4n) is 3.30. The first-order valence-electron chi connectivity index (χ1n) is 8.00. The van der Waals surface area contributed by atoms with E-state index >= 15 is 0 Å². The number of likely N-dealkylation sites (N-methyl/N-ethyl adjacent to an activating group) is 1. The highest BCUT2D eigenvalue weighted by Gasteiger charge is 2.25. The van der Waals surface area contributed by atoms with Crippen LogP contribution in [0.1, 0.15) is 38.5 Å². The number of carbonyl (C=O) groups excluding carboxylic acids is 1. The molecular formula is C15H27N3O3. The molecule has 0 spiro atoms. The molecule has 0 saturated carbocycles. The molecule has 1 unspecified atom stereocenters. The summed E-state index contributed by atoms with van der Waals surface area (Å²) in [5.74, 6) is -0.275. The van der Waals surface area contributed by atoms with Gasteiger partial charge in [-0.25, -0.2) is 4.79 Å². The van der Waals surface area contributed by atoms with Crippen LogP contribution in [0.4, 0.5) is 4.79 Å². The summed E-state index contributed by atoms with van der Waals surface area (Å²) in [4.78, 5) is 27.0. The quantitative estimate of drug-likeness (QED) is 0.822. The Morgan fingerprint density at radius 2 is 1.90 bits per heavy atom. The van der Waals surface area contributed by atoms with Crippen LogP contribution in [0.2, 0.25) is 0 Å². The first-order valence-corrected chi connectivity index (χ1v) is 8.00. The summed E-state index contributed by atoms with van der Waals surface area (Å²) in [6.45, 7) is 3.54. The maximum atomic E-state index is 12.2. The molecule has 6 nitrogen and oxygen atoms in total. The van der Waals surface area contributed by atoms with Crippen molar-refractivity contribution in [3.8, 4) is 0 Å². The van der Waals surface area contributed by atoms with Crippen molar-refractivity contribution in [1.29, 1.82) is 0 Å². The zero-order valence-electron chi connectivity index (χ0n) is 12.9.